The van der Waals surface area contributed by atoms with Crippen LogP contribution in [-0.4, -0.2) is 61.8 Å². The van der Waals surface area contributed by atoms with E-state index in [-0.39, 0.29) is 29.5 Å². The van der Waals surface area contributed by atoms with E-state index in [1.807, 2.05) is 7.85 Å². The maximum Gasteiger partial charge on any atom is 0.344 e. The average molecular weight is 369 g/mol. The summed E-state index contributed by atoms with van der Waals surface area (Å²) in [6, 6.07) is 0.0484. The topological polar surface area (TPSA) is 91.0 Å². The molecule has 5 atom stereocenters. The molecule has 0 saturated carbocycles. The van der Waals surface area contributed by atoms with Crippen molar-refractivity contribution in [3.63, 3.8) is 0 Å². The highest BCUT2D eigenvalue weighted by Crippen LogP contribution is 2.45. The highest BCUT2D eigenvalue weighted by atomic mass is 33.1. The standard InChI is InChI=1S/C11H26B2NO5PS2/c1-7(14)20(15,16)18-5-9-8(4-10(12)19-9)17-6-21-22-11(2,3)13/h7-10H,4-6,12-14H2,1-3H3,(H,15,16)/t7?,8-,9?,10-/m1/s1. The average Bonchev–Trinajstić information content (AvgIpc) is 2.71. The van der Waals surface area contributed by atoms with Crippen molar-refractivity contribution < 1.29 is 23.5 Å². The summed E-state index contributed by atoms with van der Waals surface area (Å²) in [5, 5.41) is 0. The Hall–Kier alpha value is 0.860. The smallest absolute Gasteiger partial charge is 0.344 e. The summed E-state index contributed by atoms with van der Waals surface area (Å²) < 4.78 is 28.5. The lowest BCUT2D eigenvalue weighted by Gasteiger charge is -2.22. The van der Waals surface area contributed by atoms with E-state index >= 15 is 0 Å². The zero-order chi connectivity index (χ0) is 17.0. The van der Waals surface area contributed by atoms with E-state index in [9.17, 15) is 9.46 Å². The molecule has 0 bridgehead atoms. The summed E-state index contributed by atoms with van der Waals surface area (Å²) in [5.74, 6) is -0.368. The zero-order valence-corrected chi connectivity index (χ0v) is 16.4. The first-order valence-electron chi connectivity index (χ1n) is 7.31. The maximum absolute atomic E-state index is 11.7. The Kier molecular flexibility index (Phi) is 8.37. The first kappa shape index (κ1) is 20.9. The zero-order valence-electron chi connectivity index (χ0n) is 13.9. The van der Waals surface area contributed by atoms with E-state index in [4.69, 9.17) is 19.7 Å². The number of rotatable bonds is 9. The first-order chi connectivity index (χ1) is 10.0. The number of hydrogen-bond acceptors (Lipinski definition) is 7. The molecule has 1 rings (SSSR count). The fourth-order valence-corrected chi connectivity index (χ4v) is 4.46. The monoisotopic (exact) mass is 369 g/mol. The van der Waals surface area contributed by atoms with Crippen LogP contribution in [0, 0.1) is 0 Å². The Bertz CT molecular complexity index is 399. The summed E-state index contributed by atoms with van der Waals surface area (Å²) in [6.07, 6.45) is 0.286. The summed E-state index contributed by atoms with van der Waals surface area (Å²) in [6.45, 7) is 5.76. The van der Waals surface area contributed by atoms with Gasteiger partial charge in [-0.3, -0.25) is 4.57 Å². The van der Waals surface area contributed by atoms with E-state index in [0.29, 0.717) is 5.94 Å². The van der Waals surface area contributed by atoms with Crippen molar-refractivity contribution in [2.45, 2.75) is 55.8 Å². The van der Waals surface area contributed by atoms with Crippen LogP contribution in [-0.2, 0) is 18.6 Å². The minimum atomic E-state index is -3.78. The van der Waals surface area contributed by atoms with E-state index in [0.717, 1.165) is 6.42 Å². The van der Waals surface area contributed by atoms with E-state index in [2.05, 4.69) is 21.7 Å². The molecule has 128 valence electrons. The summed E-state index contributed by atoms with van der Waals surface area (Å²) in [7, 11) is 3.73. The fourth-order valence-electron chi connectivity index (χ4n) is 1.86. The Morgan fingerprint density at radius 3 is 2.77 bits per heavy atom. The third kappa shape index (κ3) is 7.62. The van der Waals surface area contributed by atoms with Gasteiger partial charge >= 0.3 is 7.60 Å². The molecule has 1 saturated heterocycles. The molecule has 0 aromatic heterocycles. The van der Waals surface area contributed by atoms with Crippen molar-refractivity contribution in [1.29, 1.82) is 0 Å². The van der Waals surface area contributed by atoms with Gasteiger partial charge in [0.1, 0.15) is 33.5 Å². The molecule has 3 unspecified atom stereocenters. The Morgan fingerprint density at radius 2 is 2.23 bits per heavy atom. The van der Waals surface area contributed by atoms with Gasteiger partial charge in [0.2, 0.25) is 0 Å². The minimum Gasteiger partial charge on any atom is -0.379 e. The van der Waals surface area contributed by atoms with Gasteiger partial charge in [-0.1, -0.05) is 35.4 Å². The van der Waals surface area contributed by atoms with Crippen LogP contribution >= 0.6 is 29.2 Å². The molecule has 0 radical (unpaired) electrons. The second-order valence-corrected chi connectivity index (χ2v) is 11.7. The van der Waals surface area contributed by atoms with Gasteiger partial charge < -0.3 is 24.6 Å². The molecule has 1 heterocycles. The number of ether oxygens (including phenoxy) is 2. The Morgan fingerprint density at radius 1 is 1.59 bits per heavy atom. The molecule has 1 aliphatic heterocycles. The van der Waals surface area contributed by atoms with Crippen molar-refractivity contribution in [3.8, 4) is 0 Å². The largest absolute Gasteiger partial charge is 0.379 e. The van der Waals surface area contributed by atoms with Crippen LogP contribution in [0.3, 0.4) is 0 Å². The van der Waals surface area contributed by atoms with Crippen LogP contribution in [0.25, 0.3) is 0 Å². The number of hydrogen-bond donors (Lipinski definition) is 2. The number of nitrogens with two attached hydrogens (primary N) is 1. The van der Waals surface area contributed by atoms with Crippen molar-refractivity contribution in [2.24, 2.45) is 5.73 Å². The van der Waals surface area contributed by atoms with Crippen LogP contribution in [0.2, 0.25) is 0 Å². The van der Waals surface area contributed by atoms with Gasteiger partial charge in [-0.25, -0.2) is 0 Å². The van der Waals surface area contributed by atoms with E-state index < -0.39 is 13.4 Å². The molecule has 1 fully saturated rings. The van der Waals surface area contributed by atoms with Crippen LogP contribution < -0.4 is 5.73 Å². The molecule has 0 aromatic carbocycles. The molecule has 0 aromatic rings. The molecule has 11 heteroatoms. The second kappa shape index (κ2) is 8.81. The summed E-state index contributed by atoms with van der Waals surface area (Å²) >= 11 is 0. The van der Waals surface area contributed by atoms with Crippen LogP contribution in [0.1, 0.15) is 27.2 Å². The predicted molar refractivity (Wildman–Crippen MR) is 98.8 cm³/mol. The second-order valence-electron chi connectivity index (χ2n) is 6.46. The minimum absolute atomic E-state index is 0.0153. The quantitative estimate of drug-likeness (QED) is 0.198. The molecular weight excluding hydrogens is 343 g/mol. The Labute approximate surface area is 142 Å². The van der Waals surface area contributed by atoms with Crippen molar-refractivity contribution >= 4 is 44.9 Å². The van der Waals surface area contributed by atoms with Gasteiger partial charge in [-0.05, 0) is 18.0 Å². The molecule has 0 aliphatic carbocycles. The van der Waals surface area contributed by atoms with Crippen LogP contribution in [0.4, 0.5) is 0 Å². The van der Waals surface area contributed by atoms with Crippen LogP contribution in [0.15, 0.2) is 0 Å². The molecule has 0 spiro atoms. The van der Waals surface area contributed by atoms with Crippen molar-refractivity contribution in [3.05, 3.63) is 0 Å². The fraction of sp³-hybridized carbons (Fsp3) is 1.00. The molecule has 0 amide bonds. The molecule has 22 heavy (non-hydrogen) atoms. The molecular formula is C11H26B2NO5PS2. The van der Waals surface area contributed by atoms with Gasteiger partial charge in [0.15, 0.2) is 0 Å². The summed E-state index contributed by atoms with van der Waals surface area (Å²) in [4.78, 5) is 9.61. The van der Waals surface area contributed by atoms with Gasteiger partial charge in [0.25, 0.3) is 0 Å². The lowest BCUT2D eigenvalue weighted by atomic mass is 9.91. The third-order valence-corrected chi connectivity index (χ3v) is 7.50. The maximum atomic E-state index is 11.7. The van der Waals surface area contributed by atoms with Gasteiger partial charge in [-0.15, -0.1) is 0 Å². The molecule has 3 N–H and O–H groups in total. The lowest BCUT2D eigenvalue weighted by molar-refractivity contribution is -0.0208. The van der Waals surface area contributed by atoms with Crippen LogP contribution in [0.5, 0.6) is 0 Å². The van der Waals surface area contributed by atoms with E-state index in [1.165, 1.54) is 6.92 Å². The van der Waals surface area contributed by atoms with Gasteiger partial charge in [-0.2, -0.15) is 0 Å². The highest BCUT2D eigenvalue weighted by molar-refractivity contribution is 8.77. The Balaban J connectivity index is 2.40. The predicted octanol–water partition coefficient (Wildman–Crippen LogP) is 0.334. The van der Waals surface area contributed by atoms with Gasteiger partial charge in [0.05, 0.1) is 12.7 Å². The van der Waals surface area contributed by atoms with Crippen molar-refractivity contribution in [1.82, 2.24) is 0 Å². The van der Waals surface area contributed by atoms with Gasteiger partial charge in [0, 0.05) is 6.00 Å². The molecule has 1 aliphatic rings. The normalized spacial score (nSPS) is 30.1. The summed E-state index contributed by atoms with van der Waals surface area (Å²) in [5.41, 5.74) is 5.44. The van der Waals surface area contributed by atoms with E-state index in [1.54, 1.807) is 21.6 Å². The highest BCUT2D eigenvalue weighted by Gasteiger charge is 2.36. The lowest BCUT2D eigenvalue weighted by Crippen LogP contribution is -2.30. The SMILES string of the molecule is B[C@H]1C[C@@H](OCSSC(B)(C)C)C(COP(=O)(O)C(C)N)O1. The molecule has 6 nitrogen and oxygen atoms in total. The van der Waals surface area contributed by atoms with Crippen molar-refractivity contribution in [2.75, 3.05) is 12.5 Å². The third-order valence-electron chi connectivity index (χ3n) is 2.96. The first-order valence-corrected chi connectivity index (χ1v) is 11.3.